The molecule has 2 aromatic carbocycles. The van der Waals surface area contributed by atoms with E-state index in [4.69, 9.17) is 24.3 Å². The van der Waals surface area contributed by atoms with Crippen LogP contribution in [0.3, 0.4) is 0 Å². The highest BCUT2D eigenvalue weighted by Gasteiger charge is 2.23. The number of nitrogens with zero attached hydrogens (tertiary/aromatic N) is 5. The van der Waals surface area contributed by atoms with Gasteiger partial charge in [-0.15, -0.1) is 0 Å². The molecule has 182 valence electrons. The molecule has 3 heterocycles. The molecule has 0 radical (unpaired) electrons. The number of methoxy groups -OCH3 is 1. The van der Waals surface area contributed by atoms with E-state index in [1.54, 1.807) is 7.11 Å². The molecular weight excluding hydrogens is 510 g/mol. The molecule has 35 heavy (non-hydrogen) atoms. The number of benzene rings is 2. The largest absolute Gasteiger partial charge is 0.497 e. The average molecular weight is 538 g/mol. The lowest BCUT2D eigenvalue weighted by Crippen LogP contribution is -2.19. The van der Waals surface area contributed by atoms with Crippen LogP contribution in [0, 0.1) is 0 Å². The minimum absolute atomic E-state index is 0.0814. The van der Waals surface area contributed by atoms with Crippen molar-refractivity contribution < 1.29 is 14.2 Å². The van der Waals surface area contributed by atoms with Gasteiger partial charge in [-0.05, 0) is 55.2 Å². The zero-order valence-corrected chi connectivity index (χ0v) is 21.7. The number of rotatable bonds is 7. The lowest BCUT2D eigenvalue weighted by Gasteiger charge is -2.23. The minimum atomic E-state index is -0.0814. The van der Waals surface area contributed by atoms with Crippen molar-refractivity contribution in [3.8, 4) is 23.0 Å². The fourth-order valence-corrected chi connectivity index (χ4v) is 4.49. The van der Waals surface area contributed by atoms with Gasteiger partial charge in [0.15, 0.2) is 6.23 Å². The van der Waals surface area contributed by atoms with Gasteiger partial charge in [-0.1, -0.05) is 28.1 Å². The van der Waals surface area contributed by atoms with E-state index < -0.39 is 0 Å². The predicted octanol–water partition coefficient (Wildman–Crippen LogP) is 5.61. The fourth-order valence-electron chi connectivity index (χ4n) is 4.13. The molecule has 0 N–H and O–H groups in total. The summed E-state index contributed by atoms with van der Waals surface area (Å²) < 4.78 is 20.4. The normalized spacial score (nSPS) is 15.8. The van der Waals surface area contributed by atoms with E-state index in [1.165, 1.54) is 0 Å². The Kier molecular flexibility index (Phi) is 6.88. The third-order valence-electron chi connectivity index (χ3n) is 5.98. The first kappa shape index (κ1) is 23.6. The molecule has 0 amide bonds. The highest BCUT2D eigenvalue weighted by Crippen LogP contribution is 2.35. The molecule has 0 spiro atoms. The van der Waals surface area contributed by atoms with E-state index >= 15 is 0 Å². The molecule has 1 atom stereocenters. The monoisotopic (exact) mass is 537 g/mol. The van der Waals surface area contributed by atoms with Crippen LogP contribution in [0.15, 0.2) is 53.0 Å². The van der Waals surface area contributed by atoms with Crippen molar-refractivity contribution >= 4 is 32.8 Å². The summed E-state index contributed by atoms with van der Waals surface area (Å²) in [4.78, 5) is 11.3. The summed E-state index contributed by atoms with van der Waals surface area (Å²) in [6.45, 7) is 1.13. The number of anilines is 1. The van der Waals surface area contributed by atoms with Gasteiger partial charge in [-0.25, -0.2) is 9.67 Å². The molecule has 1 unspecified atom stereocenters. The SMILES string of the molecule is COc1ccc(COc2cc(-c3nn(C4CCCCO4)c4ccc(Br)cc34)nc(N(C)C)n2)cc1. The molecule has 1 saturated heterocycles. The zero-order valence-electron chi connectivity index (χ0n) is 20.1. The molecule has 1 fully saturated rings. The van der Waals surface area contributed by atoms with Crippen molar-refractivity contribution in [3.63, 3.8) is 0 Å². The van der Waals surface area contributed by atoms with Crippen molar-refractivity contribution in [1.82, 2.24) is 19.7 Å². The maximum absolute atomic E-state index is 6.09. The zero-order chi connectivity index (χ0) is 24.4. The van der Waals surface area contributed by atoms with E-state index in [0.29, 0.717) is 24.1 Å². The van der Waals surface area contributed by atoms with Gasteiger partial charge in [0.2, 0.25) is 11.8 Å². The van der Waals surface area contributed by atoms with Gasteiger partial charge in [0.1, 0.15) is 23.7 Å². The Hall–Kier alpha value is -3.17. The van der Waals surface area contributed by atoms with Crippen LogP contribution in [-0.2, 0) is 11.3 Å². The van der Waals surface area contributed by atoms with Gasteiger partial charge in [0.05, 0.1) is 12.6 Å². The lowest BCUT2D eigenvalue weighted by atomic mass is 10.1. The molecule has 8 nitrogen and oxygen atoms in total. The summed E-state index contributed by atoms with van der Waals surface area (Å²) in [5.74, 6) is 1.85. The topological polar surface area (TPSA) is 74.5 Å². The number of halogens is 1. The van der Waals surface area contributed by atoms with Crippen molar-refractivity contribution in [2.75, 3.05) is 32.7 Å². The third-order valence-corrected chi connectivity index (χ3v) is 6.47. The van der Waals surface area contributed by atoms with Gasteiger partial charge in [-0.2, -0.15) is 10.1 Å². The number of hydrogen-bond donors (Lipinski definition) is 0. The summed E-state index contributed by atoms with van der Waals surface area (Å²) in [6.07, 6.45) is 3.07. The Morgan fingerprint density at radius 3 is 2.63 bits per heavy atom. The van der Waals surface area contributed by atoms with E-state index in [0.717, 1.165) is 58.3 Å². The highest BCUT2D eigenvalue weighted by molar-refractivity contribution is 9.10. The van der Waals surface area contributed by atoms with Crippen LogP contribution in [0.2, 0.25) is 0 Å². The van der Waals surface area contributed by atoms with E-state index in [9.17, 15) is 0 Å². The summed E-state index contributed by atoms with van der Waals surface area (Å²) in [7, 11) is 5.48. The van der Waals surface area contributed by atoms with Crippen molar-refractivity contribution in [1.29, 1.82) is 0 Å². The Bertz CT molecular complexity index is 1320. The van der Waals surface area contributed by atoms with Gasteiger partial charge in [0.25, 0.3) is 0 Å². The van der Waals surface area contributed by atoms with E-state index in [1.807, 2.05) is 60.1 Å². The second-order valence-electron chi connectivity index (χ2n) is 8.70. The standard InChI is InChI=1S/C26H28BrN5O3/c1-31(2)26-28-21(15-23(29-26)35-16-17-7-10-19(33-3)11-8-17)25-20-14-18(27)9-12-22(20)32(30-25)24-6-4-5-13-34-24/h7-12,14-15,24H,4-6,13,16H2,1-3H3. The number of ether oxygens (including phenoxy) is 3. The Balaban J connectivity index is 1.53. The lowest BCUT2D eigenvalue weighted by molar-refractivity contribution is -0.0365. The van der Waals surface area contributed by atoms with Crippen LogP contribution < -0.4 is 14.4 Å². The highest BCUT2D eigenvalue weighted by atomic mass is 79.9. The number of aromatic nitrogens is 4. The van der Waals surface area contributed by atoms with Crippen molar-refractivity contribution in [3.05, 3.63) is 58.6 Å². The summed E-state index contributed by atoms with van der Waals surface area (Å²) in [5, 5.41) is 5.99. The summed E-state index contributed by atoms with van der Waals surface area (Å²) >= 11 is 3.61. The second kappa shape index (κ2) is 10.2. The van der Waals surface area contributed by atoms with Gasteiger partial charge in [-0.3, -0.25) is 0 Å². The first-order valence-corrected chi connectivity index (χ1v) is 12.4. The predicted molar refractivity (Wildman–Crippen MR) is 139 cm³/mol. The van der Waals surface area contributed by atoms with Gasteiger partial charge >= 0.3 is 0 Å². The summed E-state index contributed by atoms with van der Waals surface area (Å²) in [5.41, 5.74) is 3.51. The van der Waals surface area contributed by atoms with Crippen molar-refractivity contribution in [2.45, 2.75) is 32.1 Å². The molecule has 2 aromatic heterocycles. The van der Waals surface area contributed by atoms with Crippen LogP contribution in [0.4, 0.5) is 5.95 Å². The van der Waals surface area contributed by atoms with Gasteiger partial charge in [0, 0.05) is 36.6 Å². The van der Waals surface area contributed by atoms with E-state index in [-0.39, 0.29) is 6.23 Å². The Morgan fingerprint density at radius 1 is 1.09 bits per heavy atom. The first-order chi connectivity index (χ1) is 17.0. The fraction of sp³-hybridized carbons (Fsp3) is 0.346. The molecule has 1 aliphatic rings. The smallest absolute Gasteiger partial charge is 0.228 e. The maximum atomic E-state index is 6.09. The maximum Gasteiger partial charge on any atom is 0.228 e. The molecular formula is C26H28BrN5O3. The third kappa shape index (κ3) is 5.11. The van der Waals surface area contributed by atoms with Gasteiger partial charge < -0.3 is 19.1 Å². The number of hydrogen-bond acceptors (Lipinski definition) is 7. The van der Waals surface area contributed by atoms with Crippen LogP contribution in [0.1, 0.15) is 31.1 Å². The summed E-state index contributed by atoms with van der Waals surface area (Å²) in [6, 6.07) is 15.8. The second-order valence-corrected chi connectivity index (χ2v) is 9.61. The van der Waals surface area contributed by atoms with Crippen LogP contribution in [-0.4, -0.2) is 47.6 Å². The van der Waals surface area contributed by atoms with Crippen LogP contribution in [0.25, 0.3) is 22.3 Å². The quantitative estimate of drug-likeness (QED) is 0.303. The first-order valence-electron chi connectivity index (χ1n) is 11.6. The Labute approximate surface area is 213 Å². The Morgan fingerprint density at radius 2 is 1.91 bits per heavy atom. The molecule has 0 bridgehead atoms. The minimum Gasteiger partial charge on any atom is -0.497 e. The van der Waals surface area contributed by atoms with Crippen molar-refractivity contribution in [2.24, 2.45) is 0 Å². The molecule has 4 aromatic rings. The number of fused-ring (bicyclic) bond motifs is 1. The van der Waals surface area contributed by atoms with E-state index in [2.05, 4.69) is 33.0 Å². The van der Waals surface area contributed by atoms with Crippen LogP contribution >= 0.6 is 15.9 Å². The molecule has 1 aliphatic heterocycles. The molecule has 9 heteroatoms. The van der Waals surface area contributed by atoms with Crippen LogP contribution in [0.5, 0.6) is 11.6 Å². The average Bonchev–Trinajstić information content (AvgIpc) is 3.26. The molecule has 5 rings (SSSR count). The molecule has 0 saturated carbocycles. The molecule has 0 aliphatic carbocycles.